The molecule has 1 rings (SSSR count). The van der Waals surface area contributed by atoms with E-state index in [1.165, 1.54) is 44.9 Å². The van der Waals surface area contributed by atoms with Crippen molar-refractivity contribution in [2.75, 3.05) is 5.32 Å². The van der Waals surface area contributed by atoms with Gasteiger partial charge in [0.25, 0.3) is 0 Å². The Hall–Kier alpha value is -2.17. The molecule has 0 saturated heterocycles. The summed E-state index contributed by atoms with van der Waals surface area (Å²) in [6.45, 7) is 3.97. The lowest BCUT2D eigenvalue weighted by Crippen LogP contribution is -2.21. The standard InChI is InChI=1S/C22H35N3O2/c1-3-4-5-6-7-8-9-10-14-17-21(26)25-24-19(2)18-22(27)23-20-15-12-11-13-16-20/h11-13,15-16H,3-10,14,17-18H2,1-2H3,(H,23,27)(H,25,26)/b24-19-. The zero-order valence-electron chi connectivity index (χ0n) is 16.9. The van der Waals surface area contributed by atoms with E-state index in [2.05, 4.69) is 22.8 Å². The van der Waals surface area contributed by atoms with Gasteiger partial charge in [-0.2, -0.15) is 5.10 Å². The van der Waals surface area contributed by atoms with Crippen molar-refractivity contribution in [3.8, 4) is 0 Å². The Kier molecular flexibility index (Phi) is 12.7. The number of amides is 2. The van der Waals surface area contributed by atoms with Gasteiger partial charge in [-0.1, -0.05) is 76.5 Å². The highest BCUT2D eigenvalue weighted by atomic mass is 16.2. The molecule has 0 aliphatic carbocycles. The lowest BCUT2D eigenvalue weighted by molar-refractivity contribution is -0.121. The van der Waals surface area contributed by atoms with Crippen LogP contribution in [-0.4, -0.2) is 17.5 Å². The van der Waals surface area contributed by atoms with Gasteiger partial charge >= 0.3 is 0 Å². The highest BCUT2D eigenvalue weighted by molar-refractivity contribution is 6.05. The number of rotatable bonds is 14. The second-order valence-corrected chi connectivity index (χ2v) is 7.05. The molecule has 0 heterocycles. The predicted octanol–water partition coefficient (Wildman–Crippen LogP) is 5.43. The fourth-order valence-electron chi connectivity index (χ4n) is 2.81. The summed E-state index contributed by atoms with van der Waals surface area (Å²) in [6, 6.07) is 9.28. The van der Waals surface area contributed by atoms with Crippen LogP contribution in [0.4, 0.5) is 5.69 Å². The number of carbonyl (C=O) groups is 2. The molecule has 0 radical (unpaired) electrons. The molecule has 2 amide bonds. The first-order chi connectivity index (χ1) is 13.1. The molecule has 27 heavy (non-hydrogen) atoms. The molecule has 0 fully saturated rings. The summed E-state index contributed by atoms with van der Waals surface area (Å²) < 4.78 is 0. The van der Waals surface area contributed by atoms with Gasteiger partial charge in [0.15, 0.2) is 0 Å². The van der Waals surface area contributed by atoms with Gasteiger partial charge in [-0.05, 0) is 25.5 Å². The fraction of sp³-hybridized carbons (Fsp3) is 0.591. The maximum Gasteiger partial charge on any atom is 0.240 e. The Bertz CT molecular complexity index is 570. The minimum Gasteiger partial charge on any atom is -0.326 e. The third-order valence-electron chi connectivity index (χ3n) is 4.35. The number of hydrogen-bond acceptors (Lipinski definition) is 3. The van der Waals surface area contributed by atoms with Crippen LogP contribution in [0.3, 0.4) is 0 Å². The van der Waals surface area contributed by atoms with Gasteiger partial charge in [-0.3, -0.25) is 9.59 Å². The van der Waals surface area contributed by atoms with Crippen LogP contribution in [0, 0.1) is 0 Å². The van der Waals surface area contributed by atoms with Gasteiger partial charge in [-0.25, -0.2) is 5.43 Å². The number of hydrazone groups is 1. The Morgan fingerprint density at radius 1 is 0.852 bits per heavy atom. The molecule has 0 atom stereocenters. The summed E-state index contributed by atoms with van der Waals surface area (Å²) in [5, 5.41) is 6.82. The van der Waals surface area contributed by atoms with E-state index in [1.807, 2.05) is 30.3 Å². The first-order valence-corrected chi connectivity index (χ1v) is 10.3. The van der Waals surface area contributed by atoms with Crippen molar-refractivity contribution < 1.29 is 9.59 Å². The van der Waals surface area contributed by atoms with E-state index in [4.69, 9.17) is 0 Å². The summed E-state index contributed by atoms with van der Waals surface area (Å²) in [5.74, 6) is -0.226. The number of carbonyl (C=O) groups excluding carboxylic acids is 2. The van der Waals surface area contributed by atoms with Crippen LogP contribution in [0.5, 0.6) is 0 Å². The molecule has 0 unspecified atom stereocenters. The highest BCUT2D eigenvalue weighted by Crippen LogP contribution is 2.10. The second-order valence-electron chi connectivity index (χ2n) is 7.05. The van der Waals surface area contributed by atoms with Crippen LogP contribution < -0.4 is 10.7 Å². The zero-order chi connectivity index (χ0) is 19.7. The maximum absolute atomic E-state index is 11.9. The first-order valence-electron chi connectivity index (χ1n) is 10.3. The van der Waals surface area contributed by atoms with Crippen molar-refractivity contribution in [2.45, 2.75) is 84.5 Å². The number of nitrogens with zero attached hydrogens (tertiary/aromatic N) is 1. The van der Waals surface area contributed by atoms with Gasteiger partial charge in [0.2, 0.25) is 11.8 Å². The molecule has 0 aliphatic heterocycles. The van der Waals surface area contributed by atoms with Gasteiger partial charge in [0, 0.05) is 17.8 Å². The van der Waals surface area contributed by atoms with E-state index in [1.54, 1.807) is 6.92 Å². The molecule has 0 aromatic heterocycles. The average molecular weight is 374 g/mol. The molecule has 2 N–H and O–H groups in total. The van der Waals surface area contributed by atoms with E-state index in [9.17, 15) is 9.59 Å². The van der Waals surface area contributed by atoms with Crippen molar-refractivity contribution in [3.05, 3.63) is 30.3 Å². The molecule has 0 bridgehead atoms. The predicted molar refractivity (Wildman–Crippen MR) is 113 cm³/mol. The lowest BCUT2D eigenvalue weighted by atomic mass is 10.1. The summed E-state index contributed by atoms with van der Waals surface area (Å²) in [7, 11) is 0. The maximum atomic E-state index is 11.9. The minimum atomic E-state index is -0.143. The van der Waals surface area contributed by atoms with E-state index in [-0.39, 0.29) is 18.2 Å². The molecule has 1 aromatic carbocycles. The third kappa shape index (κ3) is 12.8. The summed E-state index contributed by atoms with van der Waals surface area (Å²) in [6.07, 6.45) is 11.7. The molecule has 0 aliphatic rings. The molecule has 0 saturated carbocycles. The number of para-hydroxylation sites is 1. The van der Waals surface area contributed by atoms with E-state index < -0.39 is 0 Å². The number of benzene rings is 1. The minimum absolute atomic E-state index is 0.0826. The molecule has 150 valence electrons. The Labute approximate surface area is 164 Å². The largest absolute Gasteiger partial charge is 0.326 e. The normalized spacial score (nSPS) is 11.3. The van der Waals surface area contributed by atoms with Gasteiger partial charge in [-0.15, -0.1) is 0 Å². The lowest BCUT2D eigenvalue weighted by Gasteiger charge is -2.05. The Morgan fingerprint density at radius 3 is 2.07 bits per heavy atom. The van der Waals surface area contributed by atoms with Crippen LogP contribution in [0.25, 0.3) is 0 Å². The molecular formula is C22H35N3O2. The fourth-order valence-corrected chi connectivity index (χ4v) is 2.81. The Morgan fingerprint density at radius 2 is 1.44 bits per heavy atom. The summed E-state index contributed by atoms with van der Waals surface area (Å²) >= 11 is 0. The zero-order valence-corrected chi connectivity index (χ0v) is 16.9. The topological polar surface area (TPSA) is 70.6 Å². The van der Waals surface area contributed by atoms with Gasteiger partial charge in [0.05, 0.1) is 6.42 Å². The average Bonchev–Trinajstić information content (AvgIpc) is 2.65. The van der Waals surface area contributed by atoms with Crippen LogP contribution >= 0.6 is 0 Å². The van der Waals surface area contributed by atoms with E-state index in [0.717, 1.165) is 18.5 Å². The van der Waals surface area contributed by atoms with Gasteiger partial charge < -0.3 is 5.32 Å². The van der Waals surface area contributed by atoms with Crippen LogP contribution in [-0.2, 0) is 9.59 Å². The molecule has 0 spiro atoms. The van der Waals surface area contributed by atoms with Crippen molar-refractivity contribution in [1.29, 1.82) is 0 Å². The van der Waals surface area contributed by atoms with E-state index >= 15 is 0 Å². The quantitative estimate of drug-likeness (QED) is 0.259. The van der Waals surface area contributed by atoms with Crippen molar-refractivity contribution in [3.63, 3.8) is 0 Å². The monoisotopic (exact) mass is 373 g/mol. The Balaban J connectivity index is 2.07. The third-order valence-corrected chi connectivity index (χ3v) is 4.35. The highest BCUT2D eigenvalue weighted by Gasteiger charge is 2.05. The van der Waals surface area contributed by atoms with Gasteiger partial charge in [0.1, 0.15) is 0 Å². The summed E-state index contributed by atoms with van der Waals surface area (Å²) in [5.41, 5.74) is 3.89. The van der Waals surface area contributed by atoms with Crippen LogP contribution in [0.2, 0.25) is 0 Å². The summed E-state index contributed by atoms with van der Waals surface area (Å²) in [4.78, 5) is 23.7. The van der Waals surface area contributed by atoms with Crippen molar-refractivity contribution >= 4 is 23.2 Å². The smallest absolute Gasteiger partial charge is 0.240 e. The molecular weight excluding hydrogens is 338 g/mol. The molecule has 5 heteroatoms. The second kappa shape index (κ2) is 14.9. The number of nitrogens with one attached hydrogen (secondary N) is 2. The molecule has 5 nitrogen and oxygen atoms in total. The van der Waals surface area contributed by atoms with E-state index in [0.29, 0.717) is 12.1 Å². The van der Waals surface area contributed by atoms with Crippen molar-refractivity contribution in [1.82, 2.24) is 5.43 Å². The number of anilines is 1. The SMILES string of the molecule is CCCCCCCCCCCC(=O)N/N=C(/C)CC(=O)Nc1ccccc1. The van der Waals surface area contributed by atoms with Crippen LogP contribution in [0.15, 0.2) is 35.4 Å². The van der Waals surface area contributed by atoms with Crippen molar-refractivity contribution in [2.24, 2.45) is 5.10 Å². The van der Waals surface area contributed by atoms with Crippen LogP contribution in [0.1, 0.15) is 84.5 Å². The molecule has 1 aromatic rings. The first kappa shape index (κ1) is 22.9. The number of hydrogen-bond donors (Lipinski definition) is 2. The number of unbranched alkanes of at least 4 members (excludes halogenated alkanes) is 8.